The molecule has 0 fully saturated rings. The number of hydrogen-bond donors (Lipinski definition) is 2. The van der Waals surface area contributed by atoms with Gasteiger partial charge in [-0.05, 0) is 49.6 Å². The van der Waals surface area contributed by atoms with Crippen LogP contribution in [0.2, 0.25) is 0 Å². The first kappa shape index (κ1) is 23.9. The van der Waals surface area contributed by atoms with Crippen LogP contribution in [0.3, 0.4) is 0 Å². The van der Waals surface area contributed by atoms with Gasteiger partial charge in [0.1, 0.15) is 17.4 Å². The van der Waals surface area contributed by atoms with Crippen LogP contribution in [0.25, 0.3) is 0 Å². The van der Waals surface area contributed by atoms with Gasteiger partial charge in [0.25, 0.3) is 5.91 Å². The Labute approximate surface area is 204 Å². The molecule has 1 amide bonds. The first-order valence-corrected chi connectivity index (χ1v) is 11.3. The Morgan fingerprint density at radius 3 is 2.71 bits per heavy atom. The van der Waals surface area contributed by atoms with Crippen molar-refractivity contribution < 1.29 is 23.8 Å². The molecule has 0 saturated heterocycles. The highest BCUT2D eigenvalue weighted by Gasteiger charge is 2.38. The molecule has 1 aliphatic heterocycles. The van der Waals surface area contributed by atoms with Gasteiger partial charge in [-0.25, -0.2) is 0 Å². The van der Waals surface area contributed by atoms with Gasteiger partial charge in [0.15, 0.2) is 23.9 Å². The van der Waals surface area contributed by atoms with Crippen LogP contribution in [0, 0.1) is 25.2 Å². The third-order valence-corrected chi connectivity index (χ3v) is 6.14. The quantitative estimate of drug-likeness (QED) is 0.646. The maximum absolute atomic E-state index is 12.8. The van der Waals surface area contributed by atoms with E-state index in [0.717, 1.165) is 16.8 Å². The number of nitrogens with zero attached hydrogens (tertiary/aromatic N) is 1. The van der Waals surface area contributed by atoms with Crippen molar-refractivity contribution in [1.29, 1.82) is 5.26 Å². The van der Waals surface area contributed by atoms with E-state index in [1.165, 1.54) is 7.11 Å². The Balaban J connectivity index is 1.56. The van der Waals surface area contributed by atoms with Gasteiger partial charge in [0, 0.05) is 24.1 Å². The molecule has 2 aromatic rings. The summed E-state index contributed by atoms with van der Waals surface area (Å²) in [6.07, 6.45) is 1.66. The molecule has 0 aromatic heterocycles. The van der Waals surface area contributed by atoms with Crippen molar-refractivity contribution in [3.05, 3.63) is 75.9 Å². The lowest BCUT2D eigenvalue weighted by Crippen LogP contribution is -2.27. The zero-order valence-corrected chi connectivity index (χ0v) is 19.9. The largest absolute Gasteiger partial charge is 0.493 e. The SMILES string of the molecule is COc1cc(C2C(C#N)=C(N)OC3=C2C(=O)CCC3)ccc1OCC(=O)Nc1ccc(C)cc1C. The number of nitrogens with one attached hydrogen (secondary N) is 1. The molecule has 8 heteroatoms. The summed E-state index contributed by atoms with van der Waals surface area (Å²) in [5.74, 6) is 0.246. The van der Waals surface area contributed by atoms with Gasteiger partial charge in [-0.15, -0.1) is 0 Å². The molecule has 2 aliphatic rings. The zero-order chi connectivity index (χ0) is 25.1. The van der Waals surface area contributed by atoms with Crippen molar-refractivity contribution in [3.8, 4) is 17.6 Å². The highest BCUT2D eigenvalue weighted by molar-refractivity contribution is 5.99. The molecule has 0 bridgehead atoms. The van der Waals surface area contributed by atoms with Gasteiger partial charge in [-0.1, -0.05) is 23.8 Å². The summed E-state index contributed by atoms with van der Waals surface area (Å²) in [7, 11) is 1.48. The lowest BCUT2D eigenvalue weighted by molar-refractivity contribution is -0.118. The third-order valence-electron chi connectivity index (χ3n) is 6.14. The molecule has 1 unspecified atom stereocenters. The fourth-order valence-corrected chi connectivity index (χ4v) is 4.46. The summed E-state index contributed by atoms with van der Waals surface area (Å²) in [6, 6.07) is 13.0. The van der Waals surface area contributed by atoms with Crippen LogP contribution < -0.4 is 20.5 Å². The molecule has 0 radical (unpaired) electrons. The van der Waals surface area contributed by atoms with Crippen LogP contribution in [0.15, 0.2) is 59.2 Å². The standard InChI is InChI=1S/C27H27N3O5/c1-15-7-9-19(16(2)11-15)30-24(32)14-34-21-10-8-17(12-23(21)33-3)25-18(13-28)27(29)35-22-6-4-5-20(31)26(22)25/h7-12,25H,4-6,14,29H2,1-3H3,(H,30,32). The Morgan fingerprint density at radius 2 is 2.00 bits per heavy atom. The second kappa shape index (κ2) is 9.94. The maximum Gasteiger partial charge on any atom is 0.262 e. The molecular formula is C27H27N3O5. The topological polar surface area (TPSA) is 124 Å². The minimum atomic E-state index is -0.646. The second-order valence-corrected chi connectivity index (χ2v) is 8.60. The monoisotopic (exact) mass is 473 g/mol. The summed E-state index contributed by atoms with van der Waals surface area (Å²) < 4.78 is 16.8. The number of benzene rings is 2. The first-order valence-electron chi connectivity index (χ1n) is 11.3. The smallest absolute Gasteiger partial charge is 0.262 e. The normalized spacial score (nSPS) is 17.3. The minimum absolute atomic E-state index is 0.00770. The van der Waals surface area contributed by atoms with E-state index >= 15 is 0 Å². The predicted octanol–water partition coefficient (Wildman–Crippen LogP) is 4.14. The van der Waals surface area contributed by atoms with Crippen molar-refractivity contribution in [2.24, 2.45) is 5.73 Å². The molecule has 180 valence electrons. The average molecular weight is 474 g/mol. The van der Waals surface area contributed by atoms with Crippen LogP contribution in [-0.2, 0) is 14.3 Å². The lowest BCUT2D eigenvalue weighted by atomic mass is 9.77. The number of ketones is 1. The highest BCUT2D eigenvalue weighted by atomic mass is 16.5. The van der Waals surface area contributed by atoms with Gasteiger partial charge in [0.2, 0.25) is 5.88 Å². The van der Waals surface area contributed by atoms with Gasteiger partial charge < -0.3 is 25.3 Å². The minimum Gasteiger partial charge on any atom is -0.493 e. The number of ether oxygens (including phenoxy) is 3. The van der Waals surface area contributed by atoms with E-state index in [1.54, 1.807) is 18.2 Å². The fourth-order valence-electron chi connectivity index (χ4n) is 4.46. The highest BCUT2D eigenvalue weighted by Crippen LogP contribution is 2.45. The number of nitrogens with two attached hydrogens (primary N) is 1. The molecule has 1 aliphatic carbocycles. The number of rotatable bonds is 6. The molecule has 2 aromatic carbocycles. The van der Waals surface area contributed by atoms with Crippen LogP contribution in [0.1, 0.15) is 41.9 Å². The van der Waals surface area contributed by atoms with E-state index in [9.17, 15) is 14.9 Å². The summed E-state index contributed by atoms with van der Waals surface area (Å²) in [5.41, 5.74) is 10.1. The molecule has 4 rings (SSSR count). The number of aryl methyl sites for hydroxylation is 2. The van der Waals surface area contributed by atoms with E-state index in [2.05, 4.69) is 11.4 Å². The van der Waals surface area contributed by atoms with Gasteiger partial charge in [0.05, 0.1) is 13.0 Å². The van der Waals surface area contributed by atoms with Crippen molar-refractivity contribution >= 4 is 17.4 Å². The Bertz CT molecular complexity index is 1300. The van der Waals surface area contributed by atoms with Crippen molar-refractivity contribution in [2.45, 2.75) is 39.0 Å². The number of anilines is 1. The van der Waals surface area contributed by atoms with Crippen molar-refractivity contribution in [1.82, 2.24) is 0 Å². The molecule has 0 spiro atoms. The number of Topliss-reactive ketones (excluding diaryl/α,β-unsaturated/α-hetero) is 1. The average Bonchev–Trinajstić information content (AvgIpc) is 2.83. The first-order chi connectivity index (χ1) is 16.8. The molecule has 0 saturated carbocycles. The second-order valence-electron chi connectivity index (χ2n) is 8.60. The maximum atomic E-state index is 12.8. The number of carbonyl (C=O) groups excluding carboxylic acids is 2. The van der Waals surface area contributed by atoms with E-state index in [4.69, 9.17) is 19.9 Å². The fraction of sp³-hybridized carbons (Fsp3) is 0.296. The van der Waals surface area contributed by atoms with Crippen LogP contribution >= 0.6 is 0 Å². The van der Waals surface area contributed by atoms with E-state index in [0.29, 0.717) is 47.7 Å². The number of carbonyl (C=O) groups is 2. The summed E-state index contributed by atoms with van der Waals surface area (Å²) in [4.78, 5) is 25.2. The molecule has 3 N–H and O–H groups in total. The van der Waals surface area contributed by atoms with Gasteiger partial charge in [-0.2, -0.15) is 5.26 Å². The van der Waals surface area contributed by atoms with E-state index in [1.807, 2.05) is 32.0 Å². The Hall–Kier alpha value is -4.25. The number of allylic oxidation sites excluding steroid dienone is 3. The van der Waals surface area contributed by atoms with E-state index < -0.39 is 5.92 Å². The Morgan fingerprint density at radius 1 is 1.20 bits per heavy atom. The number of methoxy groups -OCH3 is 1. The summed E-state index contributed by atoms with van der Waals surface area (Å²) >= 11 is 0. The molecule has 35 heavy (non-hydrogen) atoms. The van der Waals surface area contributed by atoms with Crippen molar-refractivity contribution in [3.63, 3.8) is 0 Å². The van der Waals surface area contributed by atoms with Crippen LogP contribution in [0.5, 0.6) is 11.5 Å². The lowest BCUT2D eigenvalue weighted by Gasteiger charge is -2.31. The van der Waals surface area contributed by atoms with Gasteiger partial charge >= 0.3 is 0 Å². The van der Waals surface area contributed by atoms with Crippen LogP contribution in [0.4, 0.5) is 5.69 Å². The van der Waals surface area contributed by atoms with Crippen molar-refractivity contribution in [2.75, 3.05) is 19.0 Å². The predicted molar refractivity (Wildman–Crippen MR) is 130 cm³/mol. The number of amides is 1. The zero-order valence-electron chi connectivity index (χ0n) is 19.9. The summed E-state index contributed by atoms with van der Waals surface area (Å²) in [5, 5.41) is 12.6. The Kier molecular flexibility index (Phi) is 6.78. The molecule has 1 heterocycles. The molecule has 8 nitrogen and oxygen atoms in total. The van der Waals surface area contributed by atoms with Crippen LogP contribution in [-0.4, -0.2) is 25.4 Å². The summed E-state index contributed by atoms with van der Waals surface area (Å²) in [6.45, 7) is 3.70. The molecular weight excluding hydrogens is 446 g/mol. The third kappa shape index (κ3) is 4.85. The van der Waals surface area contributed by atoms with Gasteiger partial charge in [-0.3, -0.25) is 9.59 Å². The number of nitriles is 1. The number of hydrogen-bond acceptors (Lipinski definition) is 7. The molecule has 1 atom stereocenters. The van der Waals surface area contributed by atoms with E-state index in [-0.39, 0.29) is 29.8 Å².